The zero-order valence-electron chi connectivity index (χ0n) is 10.0. The molecule has 1 fully saturated rings. The predicted molar refractivity (Wildman–Crippen MR) is 67.4 cm³/mol. The van der Waals surface area contributed by atoms with Crippen LogP contribution in [0.3, 0.4) is 0 Å². The minimum Gasteiger partial charge on any atom is -0.357 e. The van der Waals surface area contributed by atoms with E-state index in [-0.39, 0.29) is 0 Å². The van der Waals surface area contributed by atoms with Crippen molar-refractivity contribution < 1.29 is 0 Å². The van der Waals surface area contributed by atoms with Gasteiger partial charge in [0.15, 0.2) is 0 Å². The molecular weight excluding hydrogens is 198 g/mol. The molecule has 0 bridgehead atoms. The smallest absolute Gasteiger partial charge is 0.128 e. The molecule has 1 saturated carbocycles. The van der Waals surface area contributed by atoms with Crippen LogP contribution in [0.5, 0.6) is 0 Å². The summed E-state index contributed by atoms with van der Waals surface area (Å²) in [6.07, 6.45) is 8.55. The molecule has 1 aliphatic rings. The molecule has 16 heavy (non-hydrogen) atoms. The van der Waals surface area contributed by atoms with Crippen molar-refractivity contribution >= 4 is 5.82 Å². The van der Waals surface area contributed by atoms with Gasteiger partial charge in [-0.05, 0) is 30.5 Å². The molecule has 0 unspecified atom stereocenters. The summed E-state index contributed by atoms with van der Waals surface area (Å²) in [4.78, 5) is 6.75. The Morgan fingerprint density at radius 2 is 2.12 bits per heavy atom. The maximum Gasteiger partial charge on any atom is 0.128 e. The topological polar surface area (TPSA) is 42.1 Å². The molecule has 3 nitrogen and oxygen atoms in total. The van der Waals surface area contributed by atoms with E-state index in [1.165, 1.54) is 32.1 Å². The van der Waals surface area contributed by atoms with Crippen molar-refractivity contribution in [2.75, 3.05) is 11.9 Å². The Bertz CT molecular complexity index is 332. The van der Waals surface area contributed by atoms with Gasteiger partial charge in [0.2, 0.25) is 0 Å². The number of anilines is 1. The first-order chi connectivity index (χ1) is 7.81. The van der Waals surface area contributed by atoms with E-state index >= 15 is 0 Å². The van der Waals surface area contributed by atoms with E-state index in [0.29, 0.717) is 12.6 Å². The van der Waals surface area contributed by atoms with Crippen LogP contribution in [0.4, 0.5) is 5.82 Å². The van der Waals surface area contributed by atoms with Gasteiger partial charge in [-0.15, -0.1) is 0 Å². The molecule has 1 aromatic heterocycles. The first kappa shape index (κ1) is 11.4. The van der Waals surface area contributed by atoms with Crippen molar-refractivity contribution in [2.45, 2.75) is 44.7 Å². The van der Waals surface area contributed by atoms with Crippen molar-refractivity contribution in [3.63, 3.8) is 0 Å². The van der Waals surface area contributed by atoms with Crippen LogP contribution in [-0.2, 0) is 6.54 Å². The molecule has 0 spiro atoms. The lowest BCUT2D eigenvalue weighted by molar-refractivity contribution is 0.426. The molecule has 2 rings (SSSR count). The number of hydrogen-bond donors (Lipinski definition) is 1. The molecule has 0 atom stereocenters. The Kier molecular flexibility index (Phi) is 3.78. The molecule has 0 amide bonds. The van der Waals surface area contributed by atoms with Gasteiger partial charge in [0, 0.05) is 25.8 Å². The van der Waals surface area contributed by atoms with Gasteiger partial charge in [-0.3, -0.25) is 0 Å². The second-order valence-corrected chi connectivity index (χ2v) is 4.63. The summed E-state index contributed by atoms with van der Waals surface area (Å²) in [5, 5.41) is 0. The van der Waals surface area contributed by atoms with Crippen LogP contribution in [-0.4, -0.2) is 18.1 Å². The van der Waals surface area contributed by atoms with E-state index in [9.17, 15) is 0 Å². The highest BCUT2D eigenvalue weighted by atomic mass is 15.2. The Morgan fingerprint density at radius 3 is 2.81 bits per heavy atom. The number of pyridine rings is 1. The summed E-state index contributed by atoms with van der Waals surface area (Å²) in [6, 6.07) is 4.75. The van der Waals surface area contributed by atoms with Crippen molar-refractivity contribution in [1.29, 1.82) is 0 Å². The minimum absolute atomic E-state index is 0.591. The fourth-order valence-corrected chi connectivity index (χ4v) is 2.44. The summed E-state index contributed by atoms with van der Waals surface area (Å²) < 4.78 is 0. The molecule has 0 aromatic carbocycles. The molecule has 0 radical (unpaired) electrons. The molecule has 88 valence electrons. The Balaban J connectivity index is 2.09. The van der Waals surface area contributed by atoms with Crippen LogP contribution in [0.1, 0.15) is 37.7 Å². The lowest BCUT2D eigenvalue weighted by Crippen LogP contribution is -2.33. The Labute approximate surface area is 97.7 Å². The van der Waals surface area contributed by atoms with Crippen molar-refractivity contribution in [2.24, 2.45) is 5.73 Å². The van der Waals surface area contributed by atoms with E-state index in [1.807, 2.05) is 12.3 Å². The molecule has 3 heteroatoms. The number of aromatic nitrogens is 1. The van der Waals surface area contributed by atoms with E-state index in [4.69, 9.17) is 5.73 Å². The highest BCUT2D eigenvalue weighted by Gasteiger charge is 2.18. The highest BCUT2D eigenvalue weighted by Crippen LogP contribution is 2.25. The van der Waals surface area contributed by atoms with Crippen LogP contribution in [0.2, 0.25) is 0 Å². The van der Waals surface area contributed by atoms with Gasteiger partial charge in [-0.2, -0.15) is 0 Å². The van der Waals surface area contributed by atoms with Gasteiger partial charge in [-0.25, -0.2) is 4.98 Å². The quantitative estimate of drug-likeness (QED) is 0.848. The van der Waals surface area contributed by atoms with Gasteiger partial charge in [-0.1, -0.05) is 19.3 Å². The molecular formula is C13H21N3. The van der Waals surface area contributed by atoms with Crippen molar-refractivity contribution in [3.05, 3.63) is 23.9 Å². The van der Waals surface area contributed by atoms with Crippen molar-refractivity contribution in [3.8, 4) is 0 Å². The molecule has 1 heterocycles. The molecule has 2 N–H and O–H groups in total. The zero-order chi connectivity index (χ0) is 11.4. The normalized spacial score (nSPS) is 17.4. The minimum atomic E-state index is 0.591. The summed E-state index contributed by atoms with van der Waals surface area (Å²) in [7, 11) is 2.15. The fourth-order valence-electron chi connectivity index (χ4n) is 2.44. The average molecular weight is 219 g/mol. The number of nitrogens with two attached hydrogens (primary N) is 1. The lowest BCUT2D eigenvalue weighted by Gasteiger charge is -2.32. The van der Waals surface area contributed by atoms with Gasteiger partial charge in [0.1, 0.15) is 5.82 Å². The summed E-state index contributed by atoms with van der Waals surface area (Å²) in [6.45, 7) is 0.591. The van der Waals surface area contributed by atoms with Crippen LogP contribution in [0, 0.1) is 0 Å². The summed E-state index contributed by atoms with van der Waals surface area (Å²) in [5.74, 6) is 1.06. The van der Waals surface area contributed by atoms with Gasteiger partial charge < -0.3 is 10.6 Å². The third kappa shape index (κ3) is 2.53. The second kappa shape index (κ2) is 5.30. The first-order valence-corrected chi connectivity index (χ1v) is 6.19. The second-order valence-electron chi connectivity index (χ2n) is 4.63. The third-order valence-electron chi connectivity index (χ3n) is 3.53. The number of hydrogen-bond acceptors (Lipinski definition) is 3. The SMILES string of the molecule is CN(c1cc(CN)ccn1)C1CCCCC1. The van der Waals surface area contributed by atoms with Crippen LogP contribution >= 0.6 is 0 Å². The summed E-state index contributed by atoms with van der Waals surface area (Å²) in [5.41, 5.74) is 6.81. The van der Waals surface area contributed by atoms with E-state index in [2.05, 4.69) is 23.0 Å². The molecule has 1 aromatic rings. The van der Waals surface area contributed by atoms with Gasteiger partial charge in [0.05, 0.1) is 0 Å². The molecule has 0 aliphatic heterocycles. The van der Waals surface area contributed by atoms with Gasteiger partial charge in [0.25, 0.3) is 0 Å². The van der Waals surface area contributed by atoms with Crippen LogP contribution in [0.25, 0.3) is 0 Å². The predicted octanol–water partition coefficient (Wildman–Crippen LogP) is 2.31. The maximum atomic E-state index is 5.65. The zero-order valence-corrected chi connectivity index (χ0v) is 10.0. The first-order valence-electron chi connectivity index (χ1n) is 6.19. The number of nitrogens with zero attached hydrogens (tertiary/aromatic N) is 2. The van der Waals surface area contributed by atoms with Crippen molar-refractivity contribution in [1.82, 2.24) is 4.98 Å². The third-order valence-corrected chi connectivity index (χ3v) is 3.53. The van der Waals surface area contributed by atoms with Crippen LogP contribution < -0.4 is 10.6 Å². The largest absolute Gasteiger partial charge is 0.357 e. The number of rotatable bonds is 3. The van der Waals surface area contributed by atoms with E-state index in [0.717, 1.165) is 11.4 Å². The standard InChI is InChI=1S/C13H21N3/c1-16(12-5-3-2-4-6-12)13-9-11(10-14)7-8-15-13/h7-9,12H,2-6,10,14H2,1H3. The summed E-state index contributed by atoms with van der Waals surface area (Å²) >= 11 is 0. The fraction of sp³-hybridized carbons (Fsp3) is 0.615. The lowest BCUT2D eigenvalue weighted by atomic mass is 9.94. The van der Waals surface area contributed by atoms with E-state index < -0.39 is 0 Å². The van der Waals surface area contributed by atoms with E-state index in [1.54, 1.807) is 0 Å². The van der Waals surface area contributed by atoms with Gasteiger partial charge >= 0.3 is 0 Å². The van der Waals surface area contributed by atoms with Crippen LogP contribution in [0.15, 0.2) is 18.3 Å². The monoisotopic (exact) mass is 219 g/mol. The Morgan fingerprint density at radius 1 is 1.38 bits per heavy atom. The molecule has 0 saturated heterocycles. The highest BCUT2D eigenvalue weighted by molar-refractivity contribution is 5.41. The molecule has 1 aliphatic carbocycles. The Hall–Kier alpha value is -1.09. The average Bonchev–Trinajstić information content (AvgIpc) is 2.39. The maximum absolute atomic E-state index is 5.65.